The third-order valence-electron chi connectivity index (χ3n) is 11.5. The second kappa shape index (κ2) is 15.5. The Balaban J connectivity index is 1.61. The van der Waals surface area contributed by atoms with Crippen molar-refractivity contribution >= 4 is 57.3 Å². The Labute approximate surface area is 339 Å². The van der Waals surface area contributed by atoms with E-state index in [2.05, 4.69) is 49.3 Å². The molecule has 3 aromatic rings. The first-order chi connectivity index (χ1) is 26.9. The highest BCUT2D eigenvalue weighted by Crippen LogP contribution is 2.47. The maximum atomic E-state index is 14.5. The molecule has 0 radical (unpaired) electrons. The topological polar surface area (TPSA) is 180 Å². The van der Waals surface area contributed by atoms with Crippen LogP contribution in [0.15, 0.2) is 54.6 Å². The second-order valence-electron chi connectivity index (χ2n) is 16.5. The number of amides is 1. The van der Waals surface area contributed by atoms with Crippen molar-refractivity contribution in [1.29, 1.82) is 0 Å². The van der Waals surface area contributed by atoms with Crippen LogP contribution in [0.25, 0.3) is 16.7 Å². The van der Waals surface area contributed by atoms with Crippen LogP contribution in [0.5, 0.6) is 11.5 Å². The summed E-state index contributed by atoms with van der Waals surface area (Å²) < 4.78 is 62.9. The number of hydrogen-bond acceptors (Lipinski definition) is 10. The molecule has 15 heteroatoms. The third-order valence-corrected chi connectivity index (χ3v) is 13.6. The highest BCUT2D eigenvalue weighted by molar-refractivity contribution is 7.85. The van der Waals surface area contributed by atoms with Gasteiger partial charge in [0.05, 0.1) is 34.1 Å². The zero-order chi connectivity index (χ0) is 42.7. The number of carbonyl (C=O) groups is 2. The number of likely N-dealkylation sites (N-methyl/N-ethyl adjacent to an activating group) is 2. The molecule has 6 rings (SSSR count). The number of hydrogen-bond donors (Lipinski definition) is 1. The summed E-state index contributed by atoms with van der Waals surface area (Å²) >= 11 is 0. The van der Waals surface area contributed by atoms with E-state index in [-0.39, 0.29) is 35.0 Å². The molecule has 0 aromatic heterocycles. The van der Waals surface area contributed by atoms with Crippen molar-refractivity contribution in [2.75, 3.05) is 44.9 Å². The molecule has 0 aliphatic carbocycles. The molecule has 310 valence electrons. The van der Waals surface area contributed by atoms with E-state index in [0.717, 1.165) is 38.2 Å². The van der Waals surface area contributed by atoms with Gasteiger partial charge in [0.15, 0.2) is 13.1 Å². The number of nitrogens with zero attached hydrogens (tertiary/aromatic N) is 3. The molecule has 0 saturated carbocycles. The van der Waals surface area contributed by atoms with Gasteiger partial charge in [0.2, 0.25) is 5.36 Å². The van der Waals surface area contributed by atoms with Crippen LogP contribution in [0.3, 0.4) is 0 Å². The Morgan fingerprint density at radius 1 is 0.948 bits per heavy atom. The van der Waals surface area contributed by atoms with E-state index in [4.69, 9.17) is 14.4 Å². The number of rotatable bonds is 13. The fourth-order valence-corrected chi connectivity index (χ4v) is 9.50. The molecule has 1 atom stereocenters. The largest absolute Gasteiger partial charge is 0.775 e. The molecule has 58 heavy (non-hydrogen) atoms. The number of carbonyl (C=O) groups excluding carboxylic acids is 1. The van der Waals surface area contributed by atoms with Crippen LogP contribution in [0.4, 0.5) is 5.69 Å². The Hall–Kier alpha value is -4.59. The second-order valence-corrected chi connectivity index (χ2v) is 19.8. The molecule has 1 unspecified atom stereocenters. The van der Waals surface area contributed by atoms with Gasteiger partial charge < -0.3 is 38.2 Å². The molecular weight excluding hydrogens is 782 g/mol. The summed E-state index contributed by atoms with van der Waals surface area (Å²) in [5, 5.41) is 10.3. The van der Waals surface area contributed by atoms with E-state index in [9.17, 15) is 32.0 Å². The van der Waals surface area contributed by atoms with Crippen LogP contribution in [0.1, 0.15) is 99.8 Å². The Kier molecular flexibility index (Phi) is 11.5. The lowest BCUT2D eigenvalue weighted by atomic mass is 9.83. The zero-order valence-corrected chi connectivity index (χ0v) is 36.2. The molecule has 0 fully saturated rings. The molecule has 0 saturated heterocycles. The van der Waals surface area contributed by atoms with Crippen molar-refractivity contribution in [3.8, 4) is 11.5 Å². The quantitative estimate of drug-likeness (QED) is 0.0871. The summed E-state index contributed by atoms with van der Waals surface area (Å²) in [4.78, 5) is 42.3. The van der Waals surface area contributed by atoms with Crippen molar-refractivity contribution in [2.24, 2.45) is 0 Å². The number of anilines is 1. The number of ether oxygens (including phenoxy) is 1. The maximum Gasteiger partial charge on any atom is 0.303 e. The van der Waals surface area contributed by atoms with Crippen molar-refractivity contribution in [1.82, 2.24) is 9.48 Å². The molecule has 1 amide bonds. The molecular formula is C43H51N3O10PS-. The summed E-state index contributed by atoms with van der Waals surface area (Å²) in [5.74, 6) is -1.43. The van der Waals surface area contributed by atoms with Gasteiger partial charge in [0.25, 0.3) is 5.91 Å². The number of carboxylic acids is 1. The van der Waals surface area contributed by atoms with Crippen molar-refractivity contribution in [3.05, 3.63) is 93.0 Å². The van der Waals surface area contributed by atoms with Gasteiger partial charge in [0.1, 0.15) is 18.5 Å². The number of allylic oxidation sites excluding steroid dienone is 2. The minimum Gasteiger partial charge on any atom is -0.775 e. The predicted octanol–water partition coefficient (Wildman–Crippen LogP) is 4.45. The standard InChI is InChI=1S/C43H52N3O10PS/c1-26-24-42(3,4)45(8)35-22-37-33(20-30(26)35)40(34-21-31-27(2)25-43(5,6)46(9)36(31)23-38(34)56-37)29-15-14-28(57(50,51)55-17-12-10-11-13-39(47)48)19-32(29)41(49)44(7)16-18-58(52,53)54/h14-15,19-25H,10-13,16-18H2,1-9H3,(H2-,47,48,50,51,52,53,54)/p-1. The van der Waals surface area contributed by atoms with Crippen molar-refractivity contribution in [3.63, 3.8) is 0 Å². The van der Waals surface area contributed by atoms with E-state index in [1.54, 1.807) is 6.07 Å². The average Bonchev–Trinajstić information content (AvgIpc) is 3.13. The Bertz CT molecular complexity index is 2590. The van der Waals surface area contributed by atoms with E-state index in [0.29, 0.717) is 52.7 Å². The summed E-state index contributed by atoms with van der Waals surface area (Å²) in [6.45, 7) is 12.0. The van der Waals surface area contributed by atoms with Gasteiger partial charge in [-0.15, -0.1) is 0 Å². The highest BCUT2D eigenvalue weighted by Gasteiger charge is 2.35. The first-order valence-corrected chi connectivity index (χ1v) is 22.3. The first-order valence-electron chi connectivity index (χ1n) is 19.2. The van der Waals surface area contributed by atoms with Crippen LogP contribution < -0.4 is 35.0 Å². The molecule has 0 spiro atoms. The predicted molar refractivity (Wildman–Crippen MR) is 222 cm³/mol. The van der Waals surface area contributed by atoms with Crippen LogP contribution in [0.2, 0.25) is 0 Å². The van der Waals surface area contributed by atoms with E-state index >= 15 is 0 Å². The average molecular weight is 833 g/mol. The lowest BCUT2D eigenvalue weighted by Gasteiger charge is -2.41. The van der Waals surface area contributed by atoms with Crippen LogP contribution in [0, 0.1) is 0 Å². The number of unbranched alkanes of at least 4 members (excludes halogenated alkanes) is 2. The smallest absolute Gasteiger partial charge is 0.303 e. The summed E-state index contributed by atoms with van der Waals surface area (Å²) in [6, 6.07) is 12.2. The van der Waals surface area contributed by atoms with Gasteiger partial charge in [-0.1, -0.05) is 18.6 Å². The number of benzene rings is 3. The summed E-state index contributed by atoms with van der Waals surface area (Å²) in [6.07, 6.45) is 5.43. The Morgan fingerprint density at radius 3 is 2.31 bits per heavy atom. The van der Waals surface area contributed by atoms with Gasteiger partial charge in [-0.25, -0.2) is 13.0 Å². The van der Waals surface area contributed by atoms with E-state index in [1.165, 1.54) is 19.2 Å². The normalized spacial score (nSPS) is 17.5. The van der Waals surface area contributed by atoms with Gasteiger partial charge in [0, 0.05) is 91.0 Å². The lowest BCUT2D eigenvalue weighted by Crippen LogP contribution is -2.47. The molecule has 3 aromatic carbocycles. The molecule has 3 heterocycles. The monoisotopic (exact) mass is 832 g/mol. The lowest BCUT2D eigenvalue weighted by molar-refractivity contribution is -0.194. The van der Waals surface area contributed by atoms with Crippen molar-refractivity contribution < 1.29 is 46.4 Å². The Morgan fingerprint density at radius 2 is 1.64 bits per heavy atom. The summed E-state index contributed by atoms with van der Waals surface area (Å²) in [5.41, 5.74) is 5.89. The first kappa shape index (κ1) is 43.0. The zero-order valence-electron chi connectivity index (χ0n) is 34.5. The maximum absolute atomic E-state index is 14.5. The van der Waals surface area contributed by atoms with Gasteiger partial charge in [-0.05, 0) is 87.6 Å². The van der Waals surface area contributed by atoms with Gasteiger partial charge in [-0.3, -0.25) is 9.59 Å². The number of carboxylic acid groups (broad SMARTS) is 1. The minimum atomic E-state index is -4.77. The molecule has 1 N–H and O–H groups in total. The molecule has 13 nitrogen and oxygen atoms in total. The van der Waals surface area contributed by atoms with Crippen LogP contribution >= 0.6 is 7.60 Å². The fraction of sp³-hybridized carbons (Fsp3) is 0.419. The van der Waals surface area contributed by atoms with Crippen LogP contribution in [-0.2, 0) is 24.0 Å². The van der Waals surface area contributed by atoms with E-state index < -0.39 is 41.9 Å². The number of aliphatic carboxylic acids is 1. The molecule has 0 bridgehead atoms. The van der Waals surface area contributed by atoms with Gasteiger partial charge >= 0.3 is 5.97 Å². The molecule has 3 aliphatic rings. The minimum absolute atomic E-state index is 0.0417. The molecule has 3 aliphatic heterocycles. The van der Waals surface area contributed by atoms with Gasteiger partial charge in [-0.2, -0.15) is 0 Å². The highest BCUT2D eigenvalue weighted by atomic mass is 32.2. The third kappa shape index (κ3) is 8.44. The fourth-order valence-electron chi connectivity index (χ4n) is 7.94. The van der Waals surface area contributed by atoms with Crippen LogP contribution in [-0.4, -0.2) is 86.0 Å². The summed E-state index contributed by atoms with van der Waals surface area (Å²) in [7, 11) is -4.06. The van der Waals surface area contributed by atoms with Crippen molar-refractivity contribution in [2.45, 2.75) is 78.3 Å². The number of fused-ring (bicyclic) bond motifs is 4. The SMILES string of the molecule is CC1=CC(C)(C)N(C)c2cc3c(cc21)C(c1ccc(P(=O)([O-])OCCCCCC(=O)O)cc1C(=O)N(C)CCS(=O)(=O)[O-])=c1cc2c(cc1O3)=[N+](C)C(C)(C)C=C2C. The van der Waals surface area contributed by atoms with E-state index in [1.807, 2.05) is 52.2 Å².